The second-order valence-corrected chi connectivity index (χ2v) is 2.72. The maximum absolute atomic E-state index is 13.0. The van der Waals surface area contributed by atoms with Gasteiger partial charge in [0.15, 0.2) is 23.3 Å². The SMILES string of the molecule is N#CCC(F)c1cc(F)c(F)c(F)c1F. The van der Waals surface area contributed by atoms with Gasteiger partial charge >= 0.3 is 0 Å². The Morgan fingerprint density at radius 1 is 1.13 bits per heavy atom. The van der Waals surface area contributed by atoms with Crippen molar-refractivity contribution in [3.8, 4) is 6.07 Å². The van der Waals surface area contributed by atoms with E-state index in [-0.39, 0.29) is 6.07 Å². The highest BCUT2D eigenvalue weighted by molar-refractivity contribution is 5.24. The Morgan fingerprint density at radius 3 is 2.27 bits per heavy atom. The number of nitriles is 1. The summed E-state index contributed by atoms with van der Waals surface area (Å²) in [5, 5.41) is 8.11. The summed E-state index contributed by atoms with van der Waals surface area (Å²) >= 11 is 0. The number of hydrogen-bond acceptors (Lipinski definition) is 1. The molecular formula is C9H4F5N. The standard InChI is InChI=1S/C9H4F5N/c10-5(1-2-15)4-3-6(11)8(13)9(14)7(4)12/h3,5H,1H2. The molecular weight excluding hydrogens is 217 g/mol. The first-order valence-electron chi connectivity index (χ1n) is 3.83. The largest absolute Gasteiger partial charge is 0.241 e. The molecule has 6 heteroatoms. The highest BCUT2D eigenvalue weighted by Gasteiger charge is 2.23. The van der Waals surface area contributed by atoms with Crippen LogP contribution in [-0.2, 0) is 0 Å². The molecule has 15 heavy (non-hydrogen) atoms. The maximum atomic E-state index is 13.0. The van der Waals surface area contributed by atoms with Gasteiger partial charge in [0.2, 0.25) is 0 Å². The van der Waals surface area contributed by atoms with Crippen LogP contribution in [0.15, 0.2) is 6.07 Å². The van der Waals surface area contributed by atoms with E-state index >= 15 is 0 Å². The van der Waals surface area contributed by atoms with Crippen molar-refractivity contribution >= 4 is 0 Å². The topological polar surface area (TPSA) is 23.8 Å². The van der Waals surface area contributed by atoms with E-state index < -0.39 is 41.4 Å². The van der Waals surface area contributed by atoms with Crippen LogP contribution in [0.2, 0.25) is 0 Å². The molecule has 0 bridgehead atoms. The Bertz CT molecular complexity index is 423. The van der Waals surface area contributed by atoms with Gasteiger partial charge in [-0.15, -0.1) is 0 Å². The molecule has 1 aromatic rings. The number of nitrogens with zero attached hydrogens (tertiary/aromatic N) is 1. The zero-order chi connectivity index (χ0) is 11.6. The van der Waals surface area contributed by atoms with Crippen LogP contribution in [0, 0.1) is 34.6 Å². The molecule has 1 rings (SSSR count). The molecule has 80 valence electrons. The van der Waals surface area contributed by atoms with Crippen LogP contribution >= 0.6 is 0 Å². The Hall–Kier alpha value is -1.64. The van der Waals surface area contributed by atoms with Crippen molar-refractivity contribution in [2.24, 2.45) is 0 Å². The third kappa shape index (κ3) is 2.06. The zero-order valence-corrected chi connectivity index (χ0v) is 7.20. The summed E-state index contributed by atoms with van der Waals surface area (Å²) in [5.74, 6) is -7.58. The number of rotatable bonds is 2. The average molecular weight is 221 g/mol. The van der Waals surface area contributed by atoms with Gasteiger partial charge in [-0.3, -0.25) is 0 Å². The van der Waals surface area contributed by atoms with Crippen molar-refractivity contribution in [2.45, 2.75) is 12.6 Å². The first kappa shape index (κ1) is 11.4. The molecule has 1 unspecified atom stereocenters. The molecule has 0 aliphatic heterocycles. The van der Waals surface area contributed by atoms with E-state index in [1.54, 1.807) is 0 Å². The summed E-state index contributed by atoms with van der Waals surface area (Å²) < 4.78 is 63.5. The fourth-order valence-corrected chi connectivity index (χ4v) is 1.01. The molecule has 0 radical (unpaired) electrons. The van der Waals surface area contributed by atoms with Crippen LogP contribution in [0.5, 0.6) is 0 Å². The fourth-order valence-electron chi connectivity index (χ4n) is 1.01. The lowest BCUT2D eigenvalue weighted by Gasteiger charge is -2.07. The number of hydrogen-bond donors (Lipinski definition) is 0. The zero-order valence-electron chi connectivity index (χ0n) is 7.20. The molecule has 0 heterocycles. The van der Waals surface area contributed by atoms with E-state index in [2.05, 4.69) is 0 Å². The van der Waals surface area contributed by atoms with Gasteiger partial charge in [-0.25, -0.2) is 22.0 Å². The fraction of sp³-hybridized carbons (Fsp3) is 0.222. The van der Waals surface area contributed by atoms with Crippen LogP contribution in [0.4, 0.5) is 22.0 Å². The van der Waals surface area contributed by atoms with E-state index in [4.69, 9.17) is 5.26 Å². The van der Waals surface area contributed by atoms with E-state index in [0.29, 0.717) is 0 Å². The van der Waals surface area contributed by atoms with Gasteiger partial charge in [-0.05, 0) is 6.07 Å². The van der Waals surface area contributed by atoms with Crippen molar-refractivity contribution in [1.82, 2.24) is 0 Å². The van der Waals surface area contributed by atoms with Crippen LogP contribution in [0.3, 0.4) is 0 Å². The molecule has 1 aromatic carbocycles. The minimum atomic E-state index is -2.18. The Morgan fingerprint density at radius 2 is 1.73 bits per heavy atom. The van der Waals surface area contributed by atoms with Crippen molar-refractivity contribution in [3.05, 3.63) is 34.9 Å². The average Bonchev–Trinajstić information content (AvgIpc) is 2.20. The van der Waals surface area contributed by atoms with Crippen LogP contribution in [0.1, 0.15) is 18.2 Å². The Balaban J connectivity index is 3.27. The summed E-state index contributed by atoms with van der Waals surface area (Å²) in [6.45, 7) is 0. The van der Waals surface area contributed by atoms with Crippen molar-refractivity contribution in [3.63, 3.8) is 0 Å². The van der Waals surface area contributed by atoms with Crippen LogP contribution in [0.25, 0.3) is 0 Å². The lowest BCUT2D eigenvalue weighted by molar-refractivity contribution is 0.322. The molecule has 0 saturated carbocycles. The molecule has 1 nitrogen and oxygen atoms in total. The molecule has 0 N–H and O–H groups in total. The van der Waals surface area contributed by atoms with Crippen molar-refractivity contribution in [1.29, 1.82) is 5.26 Å². The van der Waals surface area contributed by atoms with E-state index in [1.807, 2.05) is 0 Å². The van der Waals surface area contributed by atoms with Gasteiger partial charge in [-0.2, -0.15) is 5.26 Å². The minimum Gasteiger partial charge on any atom is -0.241 e. The highest BCUT2D eigenvalue weighted by Crippen LogP contribution is 2.27. The maximum Gasteiger partial charge on any atom is 0.197 e. The quantitative estimate of drug-likeness (QED) is 0.427. The first-order chi connectivity index (χ1) is 6.99. The van der Waals surface area contributed by atoms with E-state index in [1.165, 1.54) is 6.07 Å². The van der Waals surface area contributed by atoms with Gasteiger partial charge in [0.25, 0.3) is 0 Å². The van der Waals surface area contributed by atoms with Gasteiger partial charge in [0, 0.05) is 5.56 Å². The van der Waals surface area contributed by atoms with Gasteiger partial charge in [0.05, 0.1) is 12.5 Å². The molecule has 0 spiro atoms. The minimum absolute atomic E-state index is 0.204. The van der Waals surface area contributed by atoms with E-state index in [0.717, 1.165) is 0 Å². The van der Waals surface area contributed by atoms with Crippen LogP contribution in [-0.4, -0.2) is 0 Å². The summed E-state index contributed by atoms with van der Waals surface area (Å²) in [4.78, 5) is 0. The number of alkyl halides is 1. The molecule has 0 aromatic heterocycles. The molecule has 0 aliphatic carbocycles. The van der Waals surface area contributed by atoms with Gasteiger partial charge < -0.3 is 0 Å². The van der Waals surface area contributed by atoms with Gasteiger partial charge in [0.1, 0.15) is 6.17 Å². The Kier molecular flexibility index (Phi) is 3.24. The number of halogens is 5. The monoisotopic (exact) mass is 221 g/mol. The lowest BCUT2D eigenvalue weighted by Crippen LogP contribution is -2.03. The second kappa shape index (κ2) is 4.26. The predicted octanol–water partition coefficient (Wildman–Crippen LogP) is 3.17. The van der Waals surface area contributed by atoms with Crippen molar-refractivity contribution < 1.29 is 22.0 Å². The predicted molar refractivity (Wildman–Crippen MR) is 40.4 cm³/mol. The molecule has 0 fully saturated rings. The first-order valence-corrected chi connectivity index (χ1v) is 3.83. The lowest BCUT2D eigenvalue weighted by atomic mass is 10.1. The molecule has 0 aliphatic rings. The smallest absolute Gasteiger partial charge is 0.197 e. The highest BCUT2D eigenvalue weighted by atomic mass is 19.2. The number of benzene rings is 1. The van der Waals surface area contributed by atoms with Crippen LogP contribution < -0.4 is 0 Å². The summed E-state index contributed by atoms with van der Waals surface area (Å²) in [6, 6.07) is 1.57. The molecule has 0 amide bonds. The normalized spacial score (nSPS) is 12.3. The van der Waals surface area contributed by atoms with Gasteiger partial charge in [-0.1, -0.05) is 0 Å². The summed E-state index contributed by atoms with van der Waals surface area (Å²) in [7, 11) is 0. The van der Waals surface area contributed by atoms with Crippen molar-refractivity contribution in [2.75, 3.05) is 0 Å². The Labute approximate surface area is 81.7 Å². The summed E-state index contributed by atoms with van der Waals surface area (Å²) in [6.07, 6.45) is -2.94. The molecule has 1 atom stereocenters. The molecule has 0 saturated heterocycles. The second-order valence-electron chi connectivity index (χ2n) is 2.72. The third-order valence-corrected chi connectivity index (χ3v) is 1.74. The third-order valence-electron chi connectivity index (χ3n) is 1.74. The van der Waals surface area contributed by atoms with E-state index in [9.17, 15) is 22.0 Å². The summed E-state index contributed by atoms with van der Waals surface area (Å²) in [5.41, 5.74) is -0.993.